The highest BCUT2D eigenvalue weighted by molar-refractivity contribution is 5.29. The van der Waals surface area contributed by atoms with Gasteiger partial charge in [0.25, 0.3) is 0 Å². The van der Waals surface area contributed by atoms with Gasteiger partial charge in [-0.25, -0.2) is 0 Å². The summed E-state index contributed by atoms with van der Waals surface area (Å²) < 4.78 is 0. The maximum absolute atomic E-state index is 3.51. The first-order chi connectivity index (χ1) is 8.88. The minimum Gasteiger partial charge on any atom is -0.316 e. The number of benzene rings is 1. The number of nitrogens with one attached hydrogen (secondary N) is 1. The van der Waals surface area contributed by atoms with Crippen LogP contribution in [0.25, 0.3) is 0 Å². The van der Waals surface area contributed by atoms with E-state index in [1.54, 1.807) is 11.1 Å². The Morgan fingerprint density at radius 1 is 0.833 bits per heavy atom. The lowest BCUT2D eigenvalue weighted by molar-refractivity contribution is 0.344. The Kier molecular flexibility index (Phi) is 3.69. The summed E-state index contributed by atoms with van der Waals surface area (Å²) in [5.74, 6) is 1.60. The summed E-state index contributed by atoms with van der Waals surface area (Å²) in [4.78, 5) is 0. The molecule has 0 heterocycles. The Morgan fingerprint density at radius 3 is 2.11 bits per heavy atom. The fourth-order valence-corrected chi connectivity index (χ4v) is 3.63. The Morgan fingerprint density at radius 2 is 1.50 bits per heavy atom. The van der Waals surface area contributed by atoms with Crippen LogP contribution in [0.15, 0.2) is 24.3 Å². The zero-order chi connectivity index (χ0) is 12.4. The van der Waals surface area contributed by atoms with Gasteiger partial charge < -0.3 is 5.32 Å². The van der Waals surface area contributed by atoms with E-state index < -0.39 is 0 Å². The van der Waals surface area contributed by atoms with E-state index in [1.165, 1.54) is 44.9 Å². The third-order valence-electron chi connectivity index (χ3n) is 5.08. The van der Waals surface area contributed by atoms with Gasteiger partial charge in [0.15, 0.2) is 0 Å². The SMILES string of the molecule is CNC1CCCCC1c1ccc(C2CCC2)cc1. The molecule has 0 spiro atoms. The lowest BCUT2D eigenvalue weighted by Gasteiger charge is -2.32. The fourth-order valence-electron chi connectivity index (χ4n) is 3.63. The molecule has 1 N–H and O–H groups in total. The zero-order valence-electron chi connectivity index (χ0n) is 11.5. The van der Waals surface area contributed by atoms with Gasteiger partial charge in [-0.15, -0.1) is 0 Å². The molecule has 0 bridgehead atoms. The van der Waals surface area contributed by atoms with Gasteiger partial charge in [0.05, 0.1) is 0 Å². The minimum atomic E-state index is 0.688. The average Bonchev–Trinajstić information content (AvgIpc) is 2.38. The van der Waals surface area contributed by atoms with E-state index in [2.05, 4.69) is 36.6 Å². The smallest absolute Gasteiger partial charge is 0.0133 e. The molecule has 0 saturated heterocycles. The average molecular weight is 243 g/mol. The molecule has 2 saturated carbocycles. The summed E-state index contributed by atoms with van der Waals surface area (Å²) in [5.41, 5.74) is 3.12. The van der Waals surface area contributed by atoms with Gasteiger partial charge in [-0.2, -0.15) is 0 Å². The van der Waals surface area contributed by atoms with Crippen LogP contribution in [0.4, 0.5) is 0 Å². The molecule has 0 aromatic heterocycles. The largest absolute Gasteiger partial charge is 0.316 e. The molecule has 2 aliphatic rings. The second kappa shape index (κ2) is 5.44. The van der Waals surface area contributed by atoms with Crippen LogP contribution in [-0.4, -0.2) is 13.1 Å². The highest BCUT2D eigenvalue weighted by Gasteiger charge is 2.25. The van der Waals surface area contributed by atoms with Gasteiger partial charge in [-0.05, 0) is 55.7 Å². The predicted octanol–water partition coefficient (Wildman–Crippen LogP) is 4.20. The van der Waals surface area contributed by atoms with E-state index in [9.17, 15) is 0 Å². The van der Waals surface area contributed by atoms with Crippen molar-refractivity contribution in [2.24, 2.45) is 0 Å². The van der Waals surface area contributed by atoms with E-state index in [0.29, 0.717) is 6.04 Å². The van der Waals surface area contributed by atoms with E-state index in [1.807, 2.05) is 0 Å². The van der Waals surface area contributed by atoms with Gasteiger partial charge >= 0.3 is 0 Å². The van der Waals surface area contributed by atoms with Crippen LogP contribution in [0.2, 0.25) is 0 Å². The van der Waals surface area contributed by atoms with Crippen LogP contribution >= 0.6 is 0 Å². The van der Waals surface area contributed by atoms with E-state index >= 15 is 0 Å². The van der Waals surface area contributed by atoms with Gasteiger partial charge in [-0.1, -0.05) is 43.5 Å². The Labute approximate surface area is 111 Å². The molecule has 1 aromatic rings. The molecule has 1 nitrogen and oxygen atoms in total. The van der Waals surface area contributed by atoms with Crippen LogP contribution in [0.5, 0.6) is 0 Å². The van der Waals surface area contributed by atoms with Crippen LogP contribution in [0.3, 0.4) is 0 Å². The Hall–Kier alpha value is -0.820. The molecular formula is C17H25N. The molecule has 3 rings (SSSR count). The van der Waals surface area contributed by atoms with E-state index in [-0.39, 0.29) is 0 Å². The number of hydrogen-bond acceptors (Lipinski definition) is 1. The van der Waals surface area contributed by atoms with Gasteiger partial charge in [-0.3, -0.25) is 0 Å². The van der Waals surface area contributed by atoms with Crippen molar-refractivity contribution in [1.29, 1.82) is 0 Å². The maximum Gasteiger partial charge on any atom is 0.0133 e. The summed E-state index contributed by atoms with van der Waals surface area (Å²) in [5, 5.41) is 3.51. The molecule has 0 aliphatic heterocycles. The van der Waals surface area contributed by atoms with Crippen molar-refractivity contribution in [3.63, 3.8) is 0 Å². The molecule has 0 radical (unpaired) electrons. The van der Waals surface area contributed by atoms with Crippen LogP contribution < -0.4 is 5.32 Å². The topological polar surface area (TPSA) is 12.0 Å². The van der Waals surface area contributed by atoms with Crippen molar-refractivity contribution < 1.29 is 0 Å². The zero-order valence-corrected chi connectivity index (χ0v) is 11.5. The second-order valence-electron chi connectivity index (χ2n) is 6.08. The van der Waals surface area contributed by atoms with Crippen molar-refractivity contribution in [2.45, 2.75) is 62.8 Å². The third kappa shape index (κ3) is 2.33. The fraction of sp³-hybridized carbons (Fsp3) is 0.647. The summed E-state index contributed by atoms with van der Waals surface area (Å²) in [6, 6.07) is 10.3. The monoisotopic (exact) mass is 243 g/mol. The molecule has 1 aromatic carbocycles. The van der Waals surface area contributed by atoms with Gasteiger partial charge in [0.1, 0.15) is 0 Å². The minimum absolute atomic E-state index is 0.688. The van der Waals surface area contributed by atoms with Crippen molar-refractivity contribution in [3.05, 3.63) is 35.4 Å². The highest BCUT2D eigenvalue weighted by atomic mass is 14.9. The third-order valence-corrected chi connectivity index (χ3v) is 5.08. The molecule has 0 amide bonds. The first-order valence-corrected chi connectivity index (χ1v) is 7.65. The van der Waals surface area contributed by atoms with Crippen LogP contribution in [-0.2, 0) is 0 Å². The molecule has 2 atom stereocenters. The highest BCUT2D eigenvalue weighted by Crippen LogP contribution is 2.38. The summed E-state index contributed by atoms with van der Waals surface area (Å²) >= 11 is 0. The van der Waals surface area contributed by atoms with Gasteiger partial charge in [0, 0.05) is 6.04 Å². The lowest BCUT2D eigenvalue weighted by Crippen LogP contribution is -2.34. The summed E-state index contributed by atoms with van der Waals surface area (Å²) in [6.45, 7) is 0. The first kappa shape index (κ1) is 12.2. The maximum atomic E-state index is 3.51. The summed E-state index contributed by atoms with van der Waals surface area (Å²) in [7, 11) is 2.12. The molecule has 2 aliphatic carbocycles. The van der Waals surface area contributed by atoms with Crippen molar-refractivity contribution in [2.75, 3.05) is 7.05 Å². The summed E-state index contributed by atoms with van der Waals surface area (Å²) in [6.07, 6.45) is 9.72. The van der Waals surface area contributed by atoms with Gasteiger partial charge in [0.2, 0.25) is 0 Å². The lowest BCUT2D eigenvalue weighted by atomic mass is 9.77. The molecule has 1 heteroatoms. The molecule has 2 fully saturated rings. The first-order valence-electron chi connectivity index (χ1n) is 7.65. The molecule has 2 unspecified atom stereocenters. The normalized spacial score (nSPS) is 28.9. The quantitative estimate of drug-likeness (QED) is 0.839. The van der Waals surface area contributed by atoms with E-state index in [4.69, 9.17) is 0 Å². The van der Waals surface area contributed by atoms with Crippen molar-refractivity contribution in [3.8, 4) is 0 Å². The van der Waals surface area contributed by atoms with Crippen molar-refractivity contribution >= 4 is 0 Å². The number of likely N-dealkylation sites (N-methyl/N-ethyl adjacent to an activating group) is 1. The predicted molar refractivity (Wildman–Crippen MR) is 77.1 cm³/mol. The molecule has 18 heavy (non-hydrogen) atoms. The number of hydrogen-bond donors (Lipinski definition) is 1. The molecule has 98 valence electrons. The molecular weight excluding hydrogens is 218 g/mol. The van der Waals surface area contributed by atoms with Crippen molar-refractivity contribution in [1.82, 2.24) is 5.32 Å². The van der Waals surface area contributed by atoms with E-state index in [0.717, 1.165) is 11.8 Å². The van der Waals surface area contributed by atoms with Crippen LogP contribution in [0.1, 0.15) is 67.9 Å². The standard InChI is InChI=1S/C17H25N/c1-18-17-8-3-2-7-16(17)15-11-9-14(10-12-15)13-5-4-6-13/h9-13,16-18H,2-8H2,1H3. The second-order valence-corrected chi connectivity index (χ2v) is 6.08. The number of rotatable bonds is 3. The van der Waals surface area contributed by atoms with Crippen LogP contribution in [0, 0.1) is 0 Å². The Balaban J connectivity index is 1.74. The Bertz CT molecular complexity index is 377.